The minimum atomic E-state index is 0.706. The molecule has 0 aromatic carbocycles. The molecular formula is C18H28N6. The second-order valence-electron chi connectivity index (χ2n) is 7.66. The number of anilines is 1. The number of hydrogen-bond acceptors (Lipinski definition) is 5. The van der Waals surface area contributed by atoms with Gasteiger partial charge in [-0.15, -0.1) is 0 Å². The van der Waals surface area contributed by atoms with Crippen molar-refractivity contribution in [2.24, 2.45) is 11.8 Å². The molecule has 0 N–H and O–H groups in total. The van der Waals surface area contributed by atoms with E-state index in [4.69, 9.17) is 0 Å². The molecule has 1 atom stereocenters. The van der Waals surface area contributed by atoms with Crippen LogP contribution >= 0.6 is 0 Å². The number of nitrogens with zero attached hydrogens (tertiary/aromatic N) is 6. The molecule has 2 aliphatic rings. The average Bonchev–Trinajstić information content (AvgIpc) is 3.05. The largest absolute Gasteiger partial charge is 0.356 e. The van der Waals surface area contributed by atoms with E-state index in [0.717, 1.165) is 36.4 Å². The molecule has 0 spiro atoms. The molecule has 1 unspecified atom stereocenters. The van der Waals surface area contributed by atoms with Crippen LogP contribution in [0, 0.1) is 18.8 Å². The van der Waals surface area contributed by atoms with Crippen LogP contribution in [-0.2, 0) is 0 Å². The van der Waals surface area contributed by atoms with Crippen molar-refractivity contribution in [2.75, 3.05) is 37.6 Å². The maximum atomic E-state index is 4.47. The van der Waals surface area contributed by atoms with Crippen molar-refractivity contribution < 1.29 is 0 Å². The van der Waals surface area contributed by atoms with Crippen LogP contribution in [0.3, 0.4) is 0 Å². The molecule has 0 aliphatic carbocycles. The zero-order valence-electron chi connectivity index (χ0n) is 14.9. The summed E-state index contributed by atoms with van der Waals surface area (Å²) in [6.07, 6.45) is 6.92. The van der Waals surface area contributed by atoms with Crippen molar-refractivity contribution >= 4 is 11.6 Å². The van der Waals surface area contributed by atoms with Gasteiger partial charge in [-0.25, -0.2) is 4.98 Å². The maximum Gasteiger partial charge on any atom is 0.254 e. The number of aromatic nitrogens is 4. The lowest BCUT2D eigenvalue weighted by Gasteiger charge is -2.38. The molecule has 4 heterocycles. The van der Waals surface area contributed by atoms with Crippen LogP contribution in [0.15, 0.2) is 12.4 Å². The van der Waals surface area contributed by atoms with Crippen LogP contribution in [0.5, 0.6) is 0 Å². The summed E-state index contributed by atoms with van der Waals surface area (Å²) in [6, 6.07) is 2.15. The van der Waals surface area contributed by atoms with E-state index in [1.807, 2.05) is 11.4 Å². The topological polar surface area (TPSA) is 49.6 Å². The van der Waals surface area contributed by atoms with Gasteiger partial charge in [0, 0.05) is 31.4 Å². The highest BCUT2D eigenvalue weighted by molar-refractivity contribution is 5.47. The summed E-state index contributed by atoms with van der Waals surface area (Å²) < 4.78 is 1.89. The van der Waals surface area contributed by atoms with E-state index in [0.29, 0.717) is 5.78 Å². The SMILES string of the molecule is Cc1cc(N2CCCC(CN3CCC(C)CC3)C2)n2ncnc2n1. The van der Waals surface area contributed by atoms with E-state index in [2.05, 4.69) is 37.9 Å². The Balaban J connectivity index is 1.47. The number of fused-ring (bicyclic) bond motifs is 1. The van der Waals surface area contributed by atoms with Gasteiger partial charge >= 0.3 is 0 Å². The highest BCUT2D eigenvalue weighted by Crippen LogP contribution is 2.25. The Kier molecular flexibility index (Phi) is 4.39. The molecule has 2 aromatic heterocycles. The quantitative estimate of drug-likeness (QED) is 0.866. The first kappa shape index (κ1) is 15.8. The van der Waals surface area contributed by atoms with Gasteiger partial charge in [-0.1, -0.05) is 6.92 Å². The lowest BCUT2D eigenvalue weighted by Crippen LogP contribution is -2.43. The van der Waals surface area contributed by atoms with Crippen LogP contribution in [0.4, 0.5) is 5.82 Å². The lowest BCUT2D eigenvalue weighted by molar-refractivity contribution is 0.159. The van der Waals surface area contributed by atoms with Gasteiger partial charge < -0.3 is 9.80 Å². The minimum Gasteiger partial charge on any atom is -0.356 e. The smallest absolute Gasteiger partial charge is 0.254 e. The number of rotatable bonds is 3. The maximum absolute atomic E-state index is 4.47. The molecule has 0 amide bonds. The number of hydrogen-bond donors (Lipinski definition) is 0. The highest BCUT2D eigenvalue weighted by Gasteiger charge is 2.25. The van der Waals surface area contributed by atoms with Crippen LogP contribution in [0.25, 0.3) is 5.78 Å². The lowest BCUT2D eigenvalue weighted by atomic mass is 9.94. The van der Waals surface area contributed by atoms with Gasteiger partial charge in [0.25, 0.3) is 5.78 Å². The molecule has 2 saturated heterocycles. The van der Waals surface area contributed by atoms with E-state index < -0.39 is 0 Å². The number of piperidine rings is 2. The molecule has 0 saturated carbocycles. The molecule has 2 aliphatic heterocycles. The van der Waals surface area contributed by atoms with Crippen LogP contribution < -0.4 is 4.90 Å². The second kappa shape index (κ2) is 6.67. The summed E-state index contributed by atoms with van der Waals surface area (Å²) >= 11 is 0. The fraction of sp³-hybridized carbons (Fsp3) is 0.722. The fourth-order valence-corrected chi connectivity index (χ4v) is 4.17. The van der Waals surface area contributed by atoms with E-state index in [9.17, 15) is 0 Å². The summed E-state index contributed by atoms with van der Waals surface area (Å²) in [5, 5.41) is 4.37. The van der Waals surface area contributed by atoms with E-state index in [1.165, 1.54) is 45.3 Å². The van der Waals surface area contributed by atoms with Crippen LogP contribution in [0.1, 0.15) is 38.3 Å². The molecule has 6 nitrogen and oxygen atoms in total. The Morgan fingerprint density at radius 1 is 1.17 bits per heavy atom. The Morgan fingerprint density at radius 2 is 2.00 bits per heavy atom. The van der Waals surface area contributed by atoms with Gasteiger partial charge in [0.2, 0.25) is 0 Å². The third-order valence-electron chi connectivity index (χ3n) is 5.60. The van der Waals surface area contributed by atoms with E-state index in [-0.39, 0.29) is 0 Å². The van der Waals surface area contributed by atoms with Gasteiger partial charge in [-0.05, 0) is 57.5 Å². The fourth-order valence-electron chi connectivity index (χ4n) is 4.17. The molecule has 130 valence electrons. The van der Waals surface area contributed by atoms with Crippen molar-refractivity contribution in [1.82, 2.24) is 24.5 Å². The zero-order chi connectivity index (χ0) is 16.5. The molecule has 2 fully saturated rings. The number of aryl methyl sites for hydroxylation is 1. The third-order valence-corrected chi connectivity index (χ3v) is 5.60. The van der Waals surface area contributed by atoms with E-state index in [1.54, 1.807) is 6.33 Å². The Labute approximate surface area is 143 Å². The first-order valence-corrected chi connectivity index (χ1v) is 9.34. The monoisotopic (exact) mass is 328 g/mol. The molecule has 4 rings (SSSR count). The van der Waals surface area contributed by atoms with Gasteiger partial charge in [0.1, 0.15) is 12.1 Å². The van der Waals surface area contributed by atoms with Gasteiger partial charge in [0.05, 0.1) is 0 Å². The molecular weight excluding hydrogens is 300 g/mol. The summed E-state index contributed by atoms with van der Waals surface area (Å²) in [5.41, 5.74) is 1.01. The normalized spacial score (nSPS) is 23.9. The van der Waals surface area contributed by atoms with Crippen LogP contribution in [0.2, 0.25) is 0 Å². The third kappa shape index (κ3) is 3.24. The molecule has 0 bridgehead atoms. The van der Waals surface area contributed by atoms with Crippen molar-refractivity contribution in [3.8, 4) is 0 Å². The Bertz CT molecular complexity index is 688. The summed E-state index contributed by atoms with van der Waals surface area (Å²) in [7, 11) is 0. The van der Waals surface area contributed by atoms with Crippen molar-refractivity contribution in [1.29, 1.82) is 0 Å². The van der Waals surface area contributed by atoms with E-state index >= 15 is 0 Å². The first-order valence-electron chi connectivity index (χ1n) is 9.34. The Morgan fingerprint density at radius 3 is 2.83 bits per heavy atom. The summed E-state index contributed by atoms with van der Waals surface area (Å²) in [4.78, 5) is 13.9. The van der Waals surface area contributed by atoms with Crippen molar-refractivity contribution in [3.05, 3.63) is 18.1 Å². The first-order chi connectivity index (χ1) is 11.7. The van der Waals surface area contributed by atoms with Gasteiger partial charge in [0.15, 0.2) is 0 Å². The van der Waals surface area contributed by atoms with Crippen LogP contribution in [-0.4, -0.2) is 57.2 Å². The van der Waals surface area contributed by atoms with Gasteiger partial charge in [-0.3, -0.25) is 0 Å². The summed E-state index contributed by atoms with van der Waals surface area (Å²) in [6.45, 7) is 10.4. The predicted molar refractivity (Wildman–Crippen MR) is 95.3 cm³/mol. The van der Waals surface area contributed by atoms with Crippen molar-refractivity contribution in [3.63, 3.8) is 0 Å². The Hall–Kier alpha value is -1.69. The number of likely N-dealkylation sites (tertiary alicyclic amines) is 1. The predicted octanol–water partition coefficient (Wildman–Crippen LogP) is 2.38. The molecule has 24 heavy (non-hydrogen) atoms. The average molecular weight is 328 g/mol. The standard InChI is InChI=1S/C18H28N6/c1-14-5-8-22(9-6-14)11-16-4-3-7-23(12-16)17-10-15(2)21-18-19-13-20-24(17)18/h10,13-14,16H,3-9,11-12H2,1-2H3. The molecule has 6 heteroatoms. The summed E-state index contributed by atoms with van der Waals surface area (Å²) in [5.74, 6) is 3.51. The zero-order valence-corrected chi connectivity index (χ0v) is 14.9. The second-order valence-corrected chi connectivity index (χ2v) is 7.66. The molecule has 2 aromatic rings. The van der Waals surface area contributed by atoms with Gasteiger partial charge in [-0.2, -0.15) is 14.6 Å². The molecule has 0 radical (unpaired) electrons. The minimum absolute atomic E-state index is 0.706. The highest BCUT2D eigenvalue weighted by atomic mass is 15.4. The van der Waals surface area contributed by atoms with Crippen molar-refractivity contribution in [2.45, 2.75) is 39.5 Å².